The topological polar surface area (TPSA) is 75.4 Å². The minimum Gasteiger partial charge on any atom is -0.444 e. The highest BCUT2D eigenvalue weighted by Crippen LogP contribution is 2.21. The van der Waals surface area contributed by atoms with Crippen molar-refractivity contribution in [3.05, 3.63) is 41.2 Å². The molecule has 0 fully saturated rings. The van der Waals surface area contributed by atoms with E-state index in [0.29, 0.717) is 23.0 Å². The van der Waals surface area contributed by atoms with Crippen molar-refractivity contribution in [3.63, 3.8) is 0 Å². The van der Waals surface area contributed by atoms with Gasteiger partial charge in [-0.3, -0.25) is 4.79 Å². The average Bonchev–Trinajstić information content (AvgIpc) is 2.96. The third-order valence-corrected chi connectivity index (χ3v) is 4.12. The summed E-state index contributed by atoms with van der Waals surface area (Å²) in [7, 11) is 0. The molecule has 2 aromatic rings. The van der Waals surface area contributed by atoms with Crippen LogP contribution in [0.1, 0.15) is 32.4 Å². The van der Waals surface area contributed by atoms with E-state index in [1.165, 1.54) is 6.26 Å². The number of halogens is 1. The molecule has 1 amide bonds. The molecular weight excluding hydrogens is 316 g/mol. The molecular formula is C17H21ClN2O3. The molecule has 0 saturated heterocycles. The standard InChI is InChI=1S/C17H21ClN2O3/c1-3-17(2,8-9-21)20-15(22)10-14-11-23-16(19-14)12-4-6-13(18)7-5-12/h4-7,11,21H,3,8-10H2,1-2H3,(H,20,22). The van der Waals surface area contributed by atoms with Gasteiger partial charge in [0.1, 0.15) is 6.26 Å². The van der Waals surface area contributed by atoms with Gasteiger partial charge in [-0.1, -0.05) is 18.5 Å². The Morgan fingerprint density at radius 1 is 1.39 bits per heavy atom. The molecule has 1 heterocycles. The van der Waals surface area contributed by atoms with Gasteiger partial charge in [0.2, 0.25) is 11.8 Å². The number of aliphatic hydroxyl groups is 1. The minimum atomic E-state index is -0.408. The molecule has 23 heavy (non-hydrogen) atoms. The zero-order valence-corrected chi connectivity index (χ0v) is 14.1. The van der Waals surface area contributed by atoms with E-state index < -0.39 is 5.54 Å². The quantitative estimate of drug-likeness (QED) is 0.814. The number of amides is 1. The van der Waals surface area contributed by atoms with Gasteiger partial charge in [-0.2, -0.15) is 0 Å². The van der Waals surface area contributed by atoms with Crippen LogP contribution in [-0.4, -0.2) is 28.1 Å². The first-order valence-electron chi connectivity index (χ1n) is 7.58. The molecule has 2 rings (SSSR count). The van der Waals surface area contributed by atoms with E-state index in [1.807, 2.05) is 26.0 Å². The Labute approximate surface area is 140 Å². The van der Waals surface area contributed by atoms with Gasteiger partial charge in [0.05, 0.1) is 12.1 Å². The molecule has 0 spiro atoms. The Kier molecular flexibility index (Phi) is 5.80. The van der Waals surface area contributed by atoms with Gasteiger partial charge in [0, 0.05) is 22.7 Å². The van der Waals surface area contributed by atoms with Crippen molar-refractivity contribution in [1.82, 2.24) is 10.3 Å². The van der Waals surface area contributed by atoms with Crippen LogP contribution in [0.2, 0.25) is 5.02 Å². The lowest BCUT2D eigenvalue weighted by Crippen LogP contribution is -2.46. The Balaban J connectivity index is 2.01. The van der Waals surface area contributed by atoms with Gasteiger partial charge in [0.15, 0.2) is 0 Å². The third-order valence-electron chi connectivity index (χ3n) is 3.87. The zero-order valence-electron chi connectivity index (χ0n) is 13.3. The van der Waals surface area contributed by atoms with Crippen molar-refractivity contribution in [2.75, 3.05) is 6.61 Å². The fourth-order valence-corrected chi connectivity index (χ4v) is 2.36. The SMILES string of the molecule is CCC(C)(CCO)NC(=O)Cc1coc(-c2ccc(Cl)cc2)n1. The first-order chi connectivity index (χ1) is 11.0. The van der Waals surface area contributed by atoms with Gasteiger partial charge in [-0.05, 0) is 44.0 Å². The summed E-state index contributed by atoms with van der Waals surface area (Å²) in [6, 6.07) is 7.14. The summed E-state index contributed by atoms with van der Waals surface area (Å²) in [5.74, 6) is 0.317. The normalized spacial score (nSPS) is 13.6. The van der Waals surface area contributed by atoms with E-state index in [4.69, 9.17) is 21.1 Å². The number of hydrogen-bond acceptors (Lipinski definition) is 4. The molecule has 1 atom stereocenters. The van der Waals surface area contributed by atoms with Crippen LogP contribution >= 0.6 is 11.6 Å². The van der Waals surface area contributed by atoms with Gasteiger partial charge >= 0.3 is 0 Å². The van der Waals surface area contributed by atoms with Gasteiger partial charge in [0.25, 0.3) is 0 Å². The van der Waals surface area contributed by atoms with Crippen LogP contribution in [0, 0.1) is 0 Å². The van der Waals surface area contributed by atoms with E-state index >= 15 is 0 Å². The molecule has 1 aromatic carbocycles. The lowest BCUT2D eigenvalue weighted by Gasteiger charge is -2.28. The fraction of sp³-hybridized carbons (Fsp3) is 0.412. The summed E-state index contributed by atoms with van der Waals surface area (Å²) in [4.78, 5) is 16.5. The molecule has 0 radical (unpaired) electrons. The number of oxazole rings is 1. The van der Waals surface area contributed by atoms with Crippen LogP contribution in [0.25, 0.3) is 11.5 Å². The van der Waals surface area contributed by atoms with E-state index in [0.717, 1.165) is 12.0 Å². The van der Waals surface area contributed by atoms with Crippen molar-refractivity contribution in [3.8, 4) is 11.5 Å². The highest BCUT2D eigenvalue weighted by molar-refractivity contribution is 6.30. The van der Waals surface area contributed by atoms with Crippen molar-refractivity contribution in [2.45, 2.75) is 38.6 Å². The van der Waals surface area contributed by atoms with Crippen LogP contribution < -0.4 is 5.32 Å². The number of benzene rings is 1. The van der Waals surface area contributed by atoms with Gasteiger partial charge in [-0.15, -0.1) is 0 Å². The molecule has 0 saturated carbocycles. The fourth-order valence-electron chi connectivity index (χ4n) is 2.23. The Morgan fingerprint density at radius 3 is 2.70 bits per heavy atom. The molecule has 1 aromatic heterocycles. The molecule has 0 bridgehead atoms. The summed E-state index contributed by atoms with van der Waals surface area (Å²) in [6.07, 6.45) is 2.88. The Bertz CT molecular complexity index is 654. The van der Waals surface area contributed by atoms with Crippen LogP contribution in [-0.2, 0) is 11.2 Å². The number of aliphatic hydroxyl groups excluding tert-OH is 1. The number of nitrogens with one attached hydrogen (secondary N) is 1. The summed E-state index contributed by atoms with van der Waals surface area (Å²) in [5.41, 5.74) is 0.962. The first-order valence-corrected chi connectivity index (χ1v) is 7.96. The number of hydrogen-bond donors (Lipinski definition) is 2. The van der Waals surface area contributed by atoms with Crippen LogP contribution in [0.15, 0.2) is 34.9 Å². The second-order valence-electron chi connectivity index (χ2n) is 5.76. The molecule has 0 aliphatic heterocycles. The smallest absolute Gasteiger partial charge is 0.226 e. The van der Waals surface area contributed by atoms with Crippen molar-refractivity contribution in [2.24, 2.45) is 0 Å². The largest absolute Gasteiger partial charge is 0.444 e. The molecule has 6 heteroatoms. The van der Waals surface area contributed by atoms with Crippen LogP contribution in [0.3, 0.4) is 0 Å². The summed E-state index contributed by atoms with van der Waals surface area (Å²) >= 11 is 5.85. The highest BCUT2D eigenvalue weighted by Gasteiger charge is 2.24. The maximum atomic E-state index is 12.2. The van der Waals surface area contributed by atoms with E-state index in [-0.39, 0.29) is 18.9 Å². The van der Waals surface area contributed by atoms with Gasteiger partial charge in [-0.25, -0.2) is 4.98 Å². The minimum absolute atomic E-state index is 0.0370. The maximum Gasteiger partial charge on any atom is 0.226 e. The molecule has 2 N–H and O–H groups in total. The molecule has 5 nitrogen and oxygen atoms in total. The van der Waals surface area contributed by atoms with E-state index in [2.05, 4.69) is 10.3 Å². The number of aromatic nitrogens is 1. The molecule has 0 aliphatic rings. The summed E-state index contributed by atoms with van der Waals surface area (Å²) in [5, 5.41) is 12.7. The highest BCUT2D eigenvalue weighted by atomic mass is 35.5. The molecule has 1 unspecified atom stereocenters. The first kappa shape index (κ1) is 17.5. The van der Waals surface area contributed by atoms with Crippen molar-refractivity contribution >= 4 is 17.5 Å². The predicted molar refractivity (Wildman–Crippen MR) is 89.2 cm³/mol. The number of carbonyl (C=O) groups excluding carboxylic acids is 1. The monoisotopic (exact) mass is 336 g/mol. The Morgan fingerprint density at radius 2 is 2.09 bits per heavy atom. The molecule has 124 valence electrons. The predicted octanol–water partition coefficient (Wildman–Crippen LogP) is 3.20. The average molecular weight is 337 g/mol. The number of nitrogens with zero attached hydrogens (tertiary/aromatic N) is 1. The lowest BCUT2D eigenvalue weighted by molar-refractivity contribution is -0.122. The maximum absolute atomic E-state index is 12.2. The second kappa shape index (κ2) is 7.62. The van der Waals surface area contributed by atoms with Crippen LogP contribution in [0.4, 0.5) is 0 Å². The number of rotatable bonds is 7. The Hall–Kier alpha value is -1.85. The molecule has 0 aliphatic carbocycles. The zero-order chi connectivity index (χ0) is 16.9. The van der Waals surface area contributed by atoms with Gasteiger partial charge < -0.3 is 14.8 Å². The summed E-state index contributed by atoms with van der Waals surface area (Å²) < 4.78 is 5.42. The van der Waals surface area contributed by atoms with Crippen LogP contribution in [0.5, 0.6) is 0 Å². The second-order valence-corrected chi connectivity index (χ2v) is 6.20. The van der Waals surface area contributed by atoms with E-state index in [1.54, 1.807) is 12.1 Å². The van der Waals surface area contributed by atoms with E-state index in [9.17, 15) is 4.79 Å². The van der Waals surface area contributed by atoms with Crippen molar-refractivity contribution in [1.29, 1.82) is 0 Å². The van der Waals surface area contributed by atoms with Crippen molar-refractivity contribution < 1.29 is 14.3 Å². The lowest BCUT2D eigenvalue weighted by atomic mass is 9.94. The summed E-state index contributed by atoms with van der Waals surface area (Å²) in [6.45, 7) is 3.93. The third kappa shape index (κ3) is 4.81. The number of carbonyl (C=O) groups is 1.